The molecule has 1 fully saturated rings. The Kier molecular flexibility index (Phi) is 7.89. The molecule has 11 heteroatoms. The van der Waals surface area contributed by atoms with E-state index in [2.05, 4.69) is 5.32 Å². The molecule has 9 nitrogen and oxygen atoms in total. The summed E-state index contributed by atoms with van der Waals surface area (Å²) in [6, 6.07) is 10.1. The molecular weight excluding hydrogens is 478 g/mol. The van der Waals surface area contributed by atoms with E-state index in [1.807, 2.05) is 6.92 Å². The van der Waals surface area contributed by atoms with E-state index in [4.69, 9.17) is 4.74 Å². The molecule has 1 saturated heterocycles. The van der Waals surface area contributed by atoms with Crippen LogP contribution in [0.3, 0.4) is 0 Å². The van der Waals surface area contributed by atoms with Gasteiger partial charge in [-0.25, -0.2) is 16.8 Å². The predicted octanol–water partition coefficient (Wildman–Crippen LogP) is 2.97. The zero-order valence-corrected chi connectivity index (χ0v) is 21.4. The van der Waals surface area contributed by atoms with Crippen LogP contribution in [0.25, 0.3) is 0 Å². The number of anilines is 2. The first kappa shape index (κ1) is 26.0. The topological polar surface area (TPSA) is 113 Å². The van der Waals surface area contributed by atoms with Crippen molar-refractivity contribution < 1.29 is 26.4 Å². The Morgan fingerprint density at radius 3 is 2.24 bits per heavy atom. The number of hydrogen-bond donors (Lipinski definition) is 1. The van der Waals surface area contributed by atoms with Crippen LogP contribution in [-0.4, -0.2) is 59.5 Å². The maximum atomic E-state index is 13.3. The van der Waals surface area contributed by atoms with E-state index >= 15 is 0 Å². The number of methoxy groups -OCH3 is 1. The monoisotopic (exact) mass is 509 g/mol. The number of ether oxygens (including phenoxy) is 1. The fraction of sp³-hybridized carbons (Fsp3) is 0.435. The van der Waals surface area contributed by atoms with Gasteiger partial charge in [-0.05, 0) is 56.5 Å². The van der Waals surface area contributed by atoms with Crippen LogP contribution in [0.5, 0.6) is 5.75 Å². The highest BCUT2D eigenvalue weighted by atomic mass is 32.2. The summed E-state index contributed by atoms with van der Waals surface area (Å²) in [5, 5.41) is 2.70. The molecular formula is C23H31N3O6S2. The van der Waals surface area contributed by atoms with Gasteiger partial charge in [-0.2, -0.15) is 4.31 Å². The lowest BCUT2D eigenvalue weighted by atomic mass is 10.1. The normalized spacial score (nSPS) is 15.6. The smallest absolute Gasteiger partial charge is 0.248 e. The molecule has 0 aromatic heterocycles. The summed E-state index contributed by atoms with van der Waals surface area (Å²) in [6.45, 7) is 4.50. The zero-order chi connectivity index (χ0) is 25.1. The molecule has 1 N–H and O–H groups in total. The maximum absolute atomic E-state index is 13.3. The number of nitrogens with zero attached hydrogens (tertiary/aromatic N) is 2. The summed E-state index contributed by atoms with van der Waals surface area (Å²) in [5.41, 5.74) is 1.48. The first-order valence-corrected chi connectivity index (χ1v) is 14.3. The SMILES string of the molecule is CC[C@H](C(=O)Nc1cc(S(=O)(=O)N2CCCC2)ccc1OC)N(c1ccc(C)cc1)S(C)(=O)=O. The van der Waals surface area contributed by atoms with Gasteiger partial charge in [0, 0.05) is 13.1 Å². The Balaban J connectivity index is 1.96. The van der Waals surface area contributed by atoms with Crippen molar-refractivity contribution in [3.8, 4) is 5.75 Å². The highest BCUT2D eigenvalue weighted by Crippen LogP contribution is 2.31. The van der Waals surface area contributed by atoms with Crippen LogP contribution in [-0.2, 0) is 24.8 Å². The van der Waals surface area contributed by atoms with E-state index < -0.39 is 32.0 Å². The number of hydrogen-bond acceptors (Lipinski definition) is 6. The molecule has 0 unspecified atom stereocenters. The Hall–Kier alpha value is -2.63. The summed E-state index contributed by atoms with van der Waals surface area (Å²) in [5.74, 6) is -0.327. The second-order valence-electron chi connectivity index (χ2n) is 8.28. The number of aryl methyl sites for hydroxylation is 1. The minimum atomic E-state index is -3.80. The Morgan fingerprint density at radius 2 is 1.71 bits per heavy atom. The third-order valence-corrected chi connectivity index (χ3v) is 8.82. The number of rotatable bonds is 9. The van der Waals surface area contributed by atoms with E-state index in [1.54, 1.807) is 31.2 Å². The fourth-order valence-electron chi connectivity index (χ4n) is 3.99. The number of amides is 1. The molecule has 0 spiro atoms. The van der Waals surface area contributed by atoms with Crippen molar-refractivity contribution in [2.24, 2.45) is 0 Å². The van der Waals surface area contributed by atoms with Crippen molar-refractivity contribution in [1.82, 2.24) is 4.31 Å². The molecule has 1 aliphatic rings. The highest BCUT2D eigenvalue weighted by molar-refractivity contribution is 7.92. The van der Waals surface area contributed by atoms with Crippen LogP contribution in [0.15, 0.2) is 47.4 Å². The second-order valence-corrected chi connectivity index (χ2v) is 12.1. The molecule has 1 aliphatic heterocycles. The van der Waals surface area contributed by atoms with Crippen molar-refractivity contribution in [2.75, 3.05) is 36.1 Å². The van der Waals surface area contributed by atoms with E-state index in [1.165, 1.54) is 29.6 Å². The first-order chi connectivity index (χ1) is 16.0. The van der Waals surface area contributed by atoms with Crippen LogP contribution in [0.2, 0.25) is 0 Å². The van der Waals surface area contributed by atoms with E-state index in [0.29, 0.717) is 18.8 Å². The molecule has 0 saturated carbocycles. The third kappa shape index (κ3) is 5.53. The molecule has 0 radical (unpaired) electrons. The largest absolute Gasteiger partial charge is 0.495 e. The molecule has 2 aromatic rings. The molecule has 0 bridgehead atoms. The summed E-state index contributed by atoms with van der Waals surface area (Å²) < 4.78 is 59.2. The third-order valence-electron chi connectivity index (χ3n) is 5.75. The number of nitrogens with one attached hydrogen (secondary N) is 1. The molecule has 1 atom stereocenters. The van der Waals surface area contributed by atoms with Gasteiger partial charge in [0.2, 0.25) is 26.0 Å². The molecule has 34 heavy (non-hydrogen) atoms. The highest BCUT2D eigenvalue weighted by Gasteiger charge is 2.33. The van der Waals surface area contributed by atoms with Crippen LogP contribution in [0, 0.1) is 6.92 Å². The van der Waals surface area contributed by atoms with Crippen molar-refractivity contribution >= 4 is 37.3 Å². The van der Waals surface area contributed by atoms with Gasteiger partial charge in [-0.3, -0.25) is 9.10 Å². The van der Waals surface area contributed by atoms with Crippen LogP contribution in [0.1, 0.15) is 31.7 Å². The van der Waals surface area contributed by atoms with Crippen LogP contribution < -0.4 is 14.4 Å². The fourth-order valence-corrected chi connectivity index (χ4v) is 6.75. The van der Waals surface area contributed by atoms with Gasteiger partial charge in [0.25, 0.3) is 0 Å². The standard InChI is InChI=1S/C23H31N3O6S2/c1-5-21(26(33(4,28)29)18-10-8-17(2)9-11-18)23(27)24-20-16-19(12-13-22(20)32-3)34(30,31)25-14-6-7-15-25/h8-13,16,21H,5-7,14-15H2,1-4H3,(H,24,27)/t21-/m1/s1. The minimum absolute atomic E-state index is 0.0389. The quantitative estimate of drug-likeness (QED) is 0.556. The number of carbonyl (C=O) groups excluding carboxylic acids is 1. The lowest BCUT2D eigenvalue weighted by Gasteiger charge is -2.30. The minimum Gasteiger partial charge on any atom is -0.495 e. The molecule has 186 valence electrons. The van der Waals surface area contributed by atoms with Gasteiger partial charge in [0.1, 0.15) is 11.8 Å². The Morgan fingerprint density at radius 1 is 1.09 bits per heavy atom. The molecule has 0 aliphatic carbocycles. The van der Waals surface area contributed by atoms with Gasteiger partial charge in [0.05, 0.1) is 29.6 Å². The number of benzene rings is 2. The molecule has 1 amide bonds. The van der Waals surface area contributed by atoms with Gasteiger partial charge >= 0.3 is 0 Å². The van der Waals surface area contributed by atoms with Crippen molar-refractivity contribution in [2.45, 2.75) is 44.0 Å². The van der Waals surface area contributed by atoms with E-state index in [-0.39, 0.29) is 22.8 Å². The number of sulfonamides is 2. The average Bonchev–Trinajstić information content (AvgIpc) is 3.33. The lowest BCUT2D eigenvalue weighted by Crippen LogP contribution is -2.47. The summed E-state index contributed by atoms with van der Waals surface area (Å²) >= 11 is 0. The van der Waals surface area contributed by atoms with Crippen molar-refractivity contribution in [1.29, 1.82) is 0 Å². The zero-order valence-electron chi connectivity index (χ0n) is 19.8. The van der Waals surface area contributed by atoms with Crippen molar-refractivity contribution in [3.63, 3.8) is 0 Å². The second kappa shape index (κ2) is 10.3. The average molecular weight is 510 g/mol. The maximum Gasteiger partial charge on any atom is 0.248 e. The van der Waals surface area contributed by atoms with Crippen LogP contribution >= 0.6 is 0 Å². The molecule has 2 aromatic carbocycles. The van der Waals surface area contributed by atoms with Crippen molar-refractivity contribution in [3.05, 3.63) is 48.0 Å². The summed E-state index contributed by atoms with van der Waals surface area (Å²) in [6.07, 6.45) is 2.85. The lowest BCUT2D eigenvalue weighted by molar-refractivity contribution is -0.117. The van der Waals surface area contributed by atoms with Crippen LogP contribution in [0.4, 0.5) is 11.4 Å². The summed E-state index contributed by atoms with van der Waals surface area (Å²) in [7, 11) is -6.10. The summed E-state index contributed by atoms with van der Waals surface area (Å²) in [4.78, 5) is 13.4. The van der Waals surface area contributed by atoms with E-state index in [0.717, 1.165) is 29.0 Å². The first-order valence-electron chi connectivity index (χ1n) is 11.0. The van der Waals surface area contributed by atoms with Gasteiger partial charge in [0.15, 0.2) is 0 Å². The predicted molar refractivity (Wildman–Crippen MR) is 132 cm³/mol. The molecule has 1 heterocycles. The number of carbonyl (C=O) groups is 1. The van der Waals surface area contributed by atoms with E-state index in [9.17, 15) is 21.6 Å². The van der Waals surface area contributed by atoms with Gasteiger partial charge in [-0.1, -0.05) is 24.6 Å². The molecule has 3 rings (SSSR count). The Labute approximate surface area is 201 Å². The van der Waals surface area contributed by atoms with Gasteiger partial charge in [-0.15, -0.1) is 0 Å². The van der Waals surface area contributed by atoms with Gasteiger partial charge < -0.3 is 10.1 Å². The Bertz CT molecular complexity index is 1240.